The minimum absolute atomic E-state index is 0.0911. The van der Waals surface area contributed by atoms with E-state index in [1.165, 1.54) is 10.5 Å². The predicted octanol–water partition coefficient (Wildman–Crippen LogP) is 2.98. The van der Waals surface area contributed by atoms with Gasteiger partial charge in [-0.3, -0.25) is 4.40 Å². The van der Waals surface area contributed by atoms with Gasteiger partial charge in [0, 0.05) is 11.8 Å². The van der Waals surface area contributed by atoms with Gasteiger partial charge in [-0.25, -0.2) is 18.6 Å². The van der Waals surface area contributed by atoms with Crippen LogP contribution in [0.5, 0.6) is 0 Å². The summed E-state index contributed by atoms with van der Waals surface area (Å²) in [6, 6.07) is 8.19. The zero-order valence-electron chi connectivity index (χ0n) is 10.0. The molecule has 2 heterocycles. The summed E-state index contributed by atoms with van der Waals surface area (Å²) in [7, 11) is 0. The number of halogens is 2. The molecule has 0 aliphatic carbocycles. The molecule has 1 aromatic carbocycles. The van der Waals surface area contributed by atoms with Gasteiger partial charge in [-0.05, 0) is 30.3 Å². The van der Waals surface area contributed by atoms with Crippen molar-refractivity contribution in [2.75, 3.05) is 0 Å². The quantitative estimate of drug-likeness (QED) is 0.781. The van der Waals surface area contributed by atoms with Gasteiger partial charge < -0.3 is 5.11 Å². The standard InChI is InChI=1S/C14H8F2N2O2/c15-9-5-4-8(7-10(9)16)12-13(14(19)20)18-6-2-1-3-11(18)17-12/h1-7H,(H,19,20). The molecule has 3 aromatic rings. The maximum Gasteiger partial charge on any atom is 0.355 e. The Kier molecular flexibility index (Phi) is 2.71. The van der Waals surface area contributed by atoms with E-state index in [9.17, 15) is 18.7 Å². The zero-order valence-corrected chi connectivity index (χ0v) is 10.0. The van der Waals surface area contributed by atoms with Crippen molar-refractivity contribution in [2.24, 2.45) is 0 Å². The molecule has 2 aromatic heterocycles. The average molecular weight is 274 g/mol. The van der Waals surface area contributed by atoms with Crippen LogP contribution in [-0.4, -0.2) is 20.5 Å². The summed E-state index contributed by atoms with van der Waals surface area (Å²) in [4.78, 5) is 15.6. The highest BCUT2D eigenvalue weighted by Gasteiger charge is 2.20. The first-order valence-corrected chi connectivity index (χ1v) is 5.74. The predicted molar refractivity (Wildman–Crippen MR) is 67.5 cm³/mol. The van der Waals surface area contributed by atoms with Crippen LogP contribution >= 0.6 is 0 Å². The van der Waals surface area contributed by atoms with Gasteiger partial charge in [0.1, 0.15) is 11.3 Å². The van der Waals surface area contributed by atoms with E-state index < -0.39 is 17.6 Å². The number of aromatic nitrogens is 2. The van der Waals surface area contributed by atoms with Crippen molar-refractivity contribution in [1.29, 1.82) is 0 Å². The Morgan fingerprint density at radius 1 is 1.15 bits per heavy atom. The van der Waals surface area contributed by atoms with E-state index in [0.717, 1.165) is 12.1 Å². The van der Waals surface area contributed by atoms with Crippen molar-refractivity contribution in [3.63, 3.8) is 0 Å². The number of fused-ring (bicyclic) bond motifs is 1. The van der Waals surface area contributed by atoms with Crippen LogP contribution in [0.3, 0.4) is 0 Å². The number of pyridine rings is 1. The second-order valence-electron chi connectivity index (χ2n) is 4.17. The van der Waals surface area contributed by atoms with Crippen molar-refractivity contribution in [3.05, 3.63) is 59.9 Å². The fourth-order valence-electron chi connectivity index (χ4n) is 2.04. The van der Waals surface area contributed by atoms with E-state index >= 15 is 0 Å². The number of carbonyl (C=O) groups is 1. The molecule has 3 rings (SSSR count). The molecule has 0 atom stereocenters. The molecule has 100 valence electrons. The number of nitrogens with zero attached hydrogens (tertiary/aromatic N) is 2. The van der Waals surface area contributed by atoms with Gasteiger partial charge in [0.15, 0.2) is 17.3 Å². The number of hydrogen-bond acceptors (Lipinski definition) is 2. The molecule has 20 heavy (non-hydrogen) atoms. The van der Waals surface area contributed by atoms with Crippen LogP contribution < -0.4 is 0 Å². The van der Waals surface area contributed by atoms with Gasteiger partial charge in [-0.2, -0.15) is 0 Å². The SMILES string of the molecule is O=C(O)c1c(-c2ccc(F)c(F)c2)nc2ccccn12. The van der Waals surface area contributed by atoms with E-state index in [0.29, 0.717) is 5.65 Å². The van der Waals surface area contributed by atoms with Crippen LogP contribution in [0.25, 0.3) is 16.9 Å². The number of imidazole rings is 1. The molecule has 0 saturated heterocycles. The van der Waals surface area contributed by atoms with E-state index in [-0.39, 0.29) is 17.0 Å². The lowest BCUT2D eigenvalue weighted by molar-refractivity contribution is 0.0690. The summed E-state index contributed by atoms with van der Waals surface area (Å²) in [5.74, 6) is -3.23. The van der Waals surface area contributed by atoms with Gasteiger partial charge in [-0.15, -0.1) is 0 Å². The third-order valence-electron chi connectivity index (χ3n) is 2.93. The first kappa shape index (κ1) is 12.3. The molecule has 0 spiro atoms. The molecule has 0 aliphatic heterocycles. The molecule has 1 N–H and O–H groups in total. The van der Waals surface area contributed by atoms with Crippen molar-refractivity contribution < 1.29 is 18.7 Å². The van der Waals surface area contributed by atoms with Gasteiger partial charge in [0.05, 0.1) is 0 Å². The molecule has 0 unspecified atom stereocenters. The van der Waals surface area contributed by atoms with Crippen LogP contribution in [0.2, 0.25) is 0 Å². The number of carboxylic acids is 1. The van der Waals surface area contributed by atoms with E-state index in [1.807, 2.05) is 0 Å². The van der Waals surface area contributed by atoms with E-state index in [4.69, 9.17) is 0 Å². The molecular weight excluding hydrogens is 266 g/mol. The van der Waals surface area contributed by atoms with Gasteiger partial charge in [-0.1, -0.05) is 6.07 Å². The van der Waals surface area contributed by atoms with E-state index in [1.54, 1.807) is 24.4 Å². The highest BCUT2D eigenvalue weighted by Crippen LogP contribution is 2.25. The lowest BCUT2D eigenvalue weighted by atomic mass is 10.1. The highest BCUT2D eigenvalue weighted by atomic mass is 19.2. The first-order valence-electron chi connectivity index (χ1n) is 5.74. The third kappa shape index (κ3) is 1.82. The Balaban J connectivity index is 2.32. The molecule has 0 amide bonds. The largest absolute Gasteiger partial charge is 0.476 e. The Morgan fingerprint density at radius 3 is 2.65 bits per heavy atom. The minimum Gasteiger partial charge on any atom is -0.476 e. The van der Waals surface area contributed by atoms with Gasteiger partial charge >= 0.3 is 5.97 Å². The monoisotopic (exact) mass is 274 g/mol. The van der Waals surface area contributed by atoms with Crippen LogP contribution in [0, 0.1) is 11.6 Å². The normalized spacial score (nSPS) is 10.9. The molecule has 0 aliphatic rings. The second-order valence-corrected chi connectivity index (χ2v) is 4.17. The Labute approximate surface area is 111 Å². The van der Waals surface area contributed by atoms with Gasteiger partial charge in [0.2, 0.25) is 0 Å². The summed E-state index contributed by atoms with van der Waals surface area (Å²) in [6.07, 6.45) is 1.55. The zero-order chi connectivity index (χ0) is 14.3. The van der Waals surface area contributed by atoms with Crippen LogP contribution in [-0.2, 0) is 0 Å². The molecule has 0 bridgehead atoms. The van der Waals surface area contributed by atoms with Crippen molar-refractivity contribution in [2.45, 2.75) is 0 Å². The van der Waals surface area contributed by atoms with Gasteiger partial charge in [0.25, 0.3) is 0 Å². The van der Waals surface area contributed by atoms with Crippen molar-refractivity contribution >= 4 is 11.6 Å². The molecule has 6 heteroatoms. The Morgan fingerprint density at radius 2 is 1.95 bits per heavy atom. The Hall–Kier alpha value is -2.76. The topological polar surface area (TPSA) is 54.6 Å². The highest BCUT2D eigenvalue weighted by molar-refractivity contribution is 5.94. The summed E-state index contributed by atoms with van der Waals surface area (Å²) in [5, 5.41) is 9.31. The van der Waals surface area contributed by atoms with Crippen LogP contribution in [0.4, 0.5) is 8.78 Å². The minimum atomic E-state index is -1.19. The van der Waals surface area contributed by atoms with Crippen LogP contribution in [0.1, 0.15) is 10.5 Å². The third-order valence-corrected chi connectivity index (χ3v) is 2.93. The molecule has 0 radical (unpaired) electrons. The van der Waals surface area contributed by atoms with Crippen LogP contribution in [0.15, 0.2) is 42.6 Å². The average Bonchev–Trinajstić information content (AvgIpc) is 2.81. The first-order chi connectivity index (χ1) is 9.58. The second kappa shape index (κ2) is 4.41. The fourth-order valence-corrected chi connectivity index (χ4v) is 2.04. The number of carboxylic acid groups (broad SMARTS) is 1. The molecule has 0 fully saturated rings. The maximum atomic E-state index is 13.3. The van der Waals surface area contributed by atoms with E-state index in [2.05, 4.69) is 4.98 Å². The summed E-state index contributed by atoms with van der Waals surface area (Å²) in [6.45, 7) is 0. The number of benzene rings is 1. The number of aromatic carboxylic acids is 1. The molecule has 0 saturated carbocycles. The maximum absolute atomic E-state index is 13.3. The molecule has 4 nitrogen and oxygen atoms in total. The van der Waals surface area contributed by atoms with Crippen molar-refractivity contribution in [1.82, 2.24) is 9.38 Å². The van der Waals surface area contributed by atoms with Crippen molar-refractivity contribution in [3.8, 4) is 11.3 Å². The lowest BCUT2D eigenvalue weighted by Crippen LogP contribution is -2.03. The molecular formula is C14H8F2N2O2. The number of hydrogen-bond donors (Lipinski definition) is 1. The fraction of sp³-hybridized carbons (Fsp3) is 0. The summed E-state index contributed by atoms with van der Waals surface area (Å²) in [5.41, 5.74) is 0.642. The smallest absolute Gasteiger partial charge is 0.355 e. The number of rotatable bonds is 2. The summed E-state index contributed by atoms with van der Waals surface area (Å²) < 4.78 is 27.6. The lowest BCUT2D eigenvalue weighted by Gasteiger charge is -2.01. The summed E-state index contributed by atoms with van der Waals surface area (Å²) >= 11 is 0. The Bertz CT molecular complexity index is 827.